The number of nitrogens with zero attached hydrogens (tertiary/aromatic N) is 2. The number of fused-ring (bicyclic) bond motifs is 1. The maximum absolute atomic E-state index is 12.7. The van der Waals surface area contributed by atoms with E-state index in [9.17, 15) is 4.79 Å². The molecule has 0 saturated carbocycles. The molecule has 1 aromatic heterocycles. The van der Waals surface area contributed by atoms with Gasteiger partial charge in [-0.25, -0.2) is 4.98 Å². The average Bonchev–Trinajstić information content (AvgIpc) is 2.38. The number of hydrogen-bond acceptors (Lipinski definition) is 3. The van der Waals surface area contributed by atoms with Gasteiger partial charge in [-0.1, -0.05) is 42.1 Å². The van der Waals surface area contributed by atoms with Gasteiger partial charge in [0.05, 0.1) is 5.56 Å². The van der Waals surface area contributed by atoms with Gasteiger partial charge in [-0.2, -0.15) is 0 Å². The molecule has 2 aromatic rings. The third-order valence-corrected chi connectivity index (χ3v) is 4.39. The van der Waals surface area contributed by atoms with E-state index in [4.69, 9.17) is 0 Å². The molecule has 2 heterocycles. The Balaban J connectivity index is 2.22. The molecule has 0 N–H and O–H groups in total. The molecule has 0 fully saturated rings. The molecule has 0 radical (unpaired) electrons. The SMILES string of the molecule is CC1=CC(C)(C)Sc2ncc(-c3ccccc3)c(=O)n21. The second kappa shape index (κ2) is 4.63. The molecule has 1 aliphatic rings. The Bertz CT molecular complexity index is 745. The number of thioether (sulfide) groups is 1. The molecular formula is C16H16N2OS. The summed E-state index contributed by atoms with van der Waals surface area (Å²) in [5.41, 5.74) is 2.49. The van der Waals surface area contributed by atoms with Crippen LogP contribution < -0.4 is 5.56 Å². The summed E-state index contributed by atoms with van der Waals surface area (Å²) in [6, 6.07) is 9.67. The zero-order chi connectivity index (χ0) is 14.3. The first-order valence-corrected chi connectivity index (χ1v) is 7.36. The average molecular weight is 284 g/mol. The van der Waals surface area contributed by atoms with Crippen LogP contribution in [0.5, 0.6) is 0 Å². The normalized spacial score (nSPS) is 16.4. The molecular weight excluding hydrogens is 268 g/mol. The molecule has 0 bridgehead atoms. The summed E-state index contributed by atoms with van der Waals surface area (Å²) in [5, 5.41) is 0.764. The van der Waals surface area contributed by atoms with Gasteiger partial charge in [0.25, 0.3) is 5.56 Å². The standard InChI is InChI=1S/C16H16N2OS/c1-11-9-16(2,3)20-15-17-10-13(14(19)18(11)15)12-7-5-4-6-8-12/h4-10H,1-3H3. The second-order valence-corrected chi connectivity index (χ2v) is 7.07. The number of benzene rings is 1. The maximum Gasteiger partial charge on any atom is 0.266 e. The molecule has 0 spiro atoms. The molecule has 3 nitrogen and oxygen atoms in total. The molecule has 102 valence electrons. The lowest BCUT2D eigenvalue weighted by Crippen LogP contribution is -2.29. The van der Waals surface area contributed by atoms with Crippen molar-refractivity contribution in [3.63, 3.8) is 0 Å². The Labute approximate surface area is 122 Å². The van der Waals surface area contributed by atoms with Crippen LogP contribution in [0.3, 0.4) is 0 Å². The minimum absolute atomic E-state index is 0.00190. The fourth-order valence-electron chi connectivity index (χ4n) is 2.47. The molecule has 1 aliphatic heterocycles. The van der Waals surface area contributed by atoms with Gasteiger partial charge in [0.15, 0.2) is 5.16 Å². The highest BCUT2D eigenvalue weighted by Gasteiger charge is 2.27. The molecule has 3 rings (SSSR count). The monoisotopic (exact) mass is 284 g/mol. The smallest absolute Gasteiger partial charge is 0.266 e. The fourth-order valence-corrected chi connectivity index (χ4v) is 3.59. The first kappa shape index (κ1) is 13.2. The summed E-state index contributed by atoms with van der Waals surface area (Å²) < 4.78 is 1.68. The van der Waals surface area contributed by atoms with Gasteiger partial charge in [-0.15, -0.1) is 0 Å². The second-order valence-electron chi connectivity index (χ2n) is 5.45. The Kier molecular flexibility index (Phi) is 3.05. The first-order valence-electron chi connectivity index (χ1n) is 6.54. The third kappa shape index (κ3) is 2.20. The highest BCUT2D eigenvalue weighted by molar-refractivity contribution is 8.00. The zero-order valence-electron chi connectivity index (χ0n) is 11.8. The largest absolute Gasteiger partial charge is 0.268 e. The van der Waals surface area contributed by atoms with Crippen molar-refractivity contribution in [2.75, 3.05) is 0 Å². The summed E-state index contributed by atoms with van der Waals surface area (Å²) in [6.45, 7) is 6.21. The minimum Gasteiger partial charge on any atom is -0.268 e. The van der Waals surface area contributed by atoms with Gasteiger partial charge in [0.2, 0.25) is 0 Å². The van der Waals surface area contributed by atoms with Gasteiger partial charge in [0.1, 0.15) is 0 Å². The van der Waals surface area contributed by atoms with E-state index in [1.54, 1.807) is 22.5 Å². The Morgan fingerprint density at radius 1 is 1.20 bits per heavy atom. The van der Waals surface area contributed by atoms with Crippen molar-refractivity contribution in [3.05, 3.63) is 53.0 Å². The van der Waals surface area contributed by atoms with Crippen molar-refractivity contribution in [2.24, 2.45) is 0 Å². The molecule has 0 amide bonds. The van der Waals surface area contributed by atoms with Crippen molar-refractivity contribution in [1.82, 2.24) is 9.55 Å². The molecule has 1 aromatic carbocycles. The van der Waals surface area contributed by atoms with E-state index in [1.807, 2.05) is 37.3 Å². The van der Waals surface area contributed by atoms with Crippen molar-refractivity contribution in [3.8, 4) is 11.1 Å². The maximum atomic E-state index is 12.7. The minimum atomic E-state index is -0.0300. The molecule has 0 unspecified atom stereocenters. The third-order valence-electron chi connectivity index (χ3n) is 3.28. The van der Waals surface area contributed by atoms with E-state index in [0.29, 0.717) is 5.56 Å². The Hall–Kier alpha value is -1.81. The van der Waals surface area contributed by atoms with Crippen LogP contribution >= 0.6 is 11.8 Å². The van der Waals surface area contributed by atoms with E-state index < -0.39 is 0 Å². The Morgan fingerprint density at radius 2 is 1.90 bits per heavy atom. The van der Waals surface area contributed by atoms with Crippen molar-refractivity contribution >= 4 is 17.5 Å². The van der Waals surface area contributed by atoms with Gasteiger partial charge >= 0.3 is 0 Å². The van der Waals surface area contributed by atoms with E-state index >= 15 is 0 Å². The molecule has 0 aliphatic carbocycles. The number of hydrogen-bond donors (Lipinski definition) is 0. The summed E-state index contributed by atoms with van der Waals surface area (Å²) in [7, 11) is 0. The number of aromatic nitrogens is 2. The van der Waals surface area contributed by atoms with Crippen molar-refractivity contribution < 1.29 is 0 Å². The number of rotatable bonds is 1. The Morgan fingerprint density at radius 3 is 2.60 bits per heavy atom. The highest BCUT2D eigenvalue weighted by atomic mass is 32.2. The van der Waals surface area contributed by atoms with E-state index in [2.05, 4.69) is 24.9 Å². The summed E-state index contributed by atoms with van der Waals surface area (Å²) >= 11 is 1.61. The molecule has 0 saturated heterocycles. The van der Waals surface area contributed by atoms with Crippen molar-refractivity contribution in [1.29, 1.82) is 0 Å². The quantitative estimate of drug-likeness (QED) is 0.750. The lowest BCUT2D eigenvalue weighted by Gasteiger charge is -2.28. The van der Waals surface area contributed by atoms with Crippen LogP contribution in [0.2, 0.25) is 0 Å². The van der Waals surface area contributed by atoms with Gasteiger partial charge in [-0.05, 0) is 32.4 Å². The van der Waals surface area contributed by atoms with E-state index in [-0.39, 0.29) is 10.3 Å². The van der Waals surface area contributed by atoms with Crippen LogP contribution in [-0.4, -0.2) is 14.3 Å². The lowest BCUT2D eigenvalue weighted by molar-refractivity contribution is 0.760. The van der Waals surface area contributed by atoms with Crippen LogP contribution in [0.4, 0.5) is 0 Å². The number of allylic oxidation sites excluding steroid dienone is 1. The van der Waals surface area contributed by atoms with Crippen LogP contribution in [0.1, 0.15) is 20.8 Å². The molecule has 0 atom stereocenters. The first-order chi connectivity index (χ1) is 9.48. The van der Waals surface area contributed by atoms with Gasteiger partial charge in [-0.3, -0.25) is 9.36 Å². The van der Waals surface area contributed by atoms with Crippen LogP contribution in [0, 0.1) is 0 Å². The lowest BCUT2D eigenvalue weighted by atomic mass is 10.1. The molecule has 4 heteroatoms. The predicted molar refractivity (Wildman–Crippen MR) is 83.8 cm³/mol. The fraction of sp³-hybridized carbons (Fsp3) is 0.250. The van der Waals surface area contributed by atoms with Crippen LogP contribution in [-0.2, 0) is 0 Å². The summed E-state index contributed by atoms with van der Waals surface area (Å²) in [6.07, 6.45) is 3.80. The van der Waals surface area contributed by atoms with Crippen LogP contribution in [0.15, 0.2) is 52.6 Å². The van der Waals surface area contributed by atoms with Crippen LogP contribution in [0.25, 0.3) is 16.8 Å². The topological polar surface area (TPSA) is 34.9 Å². The van der Waals surface area contributed by atoms with Gasteiger partial charge < -0.3 is 0 Å². The predicted octanol–water partition coefficient (Wildman–Crippen LogP) is 3.66. The zero-order valence-corrected chi connectivity index (χ0v) is 12.6. The van der Waals surface area contributed by atoms with Gasteiger partial charge in [0, 0.05) is 16.6 Å². The highest BCUT2D eigenvalue weighted by Crippen LogP contribution is 2.38. The van der Waals surface area contributed by atoms with Crippen molar-refractivity contribution in [2.45, 2.75) is 30.7 Å². The summed E-state index contributed by atoms with van der Waals surface area (Å²) in [5.74, 6) is 0. The van der Waals surface area contributed by atoms with E-state index in [1.165, 1.54) is 0 Å². The molecule has 20 heavy (non-hydrogen) atoms. The van der Waals surface area contributed by atoms with E-state index in [0.717, 1.165) is 16.4 Å². The summed E-state index contributed by atoms with van der Waals surface area (Å²) in [4.78, 5) is 17.2.